The SMILES string of the molecule is Cc1ncc(Cl)cc1SCl. The van der Waals surface area contributed by atoms with Crippen LogP contribution in [0.25, 0.3) is 0 Å². The van der Waals surface area contributed by atoms with E-state index in [1.54, 1.807) is 12.3 Å². The summed E-state index contributed by atoms with van der Waals surface area (Å²) >= 11 is 5.66. The van der Waals surface area contributed by atoms with Crippen molar-refractivity contribution in [2.75, 3.05) is 0 Å². The number of pyridine rings is 1. The molecule has 0 atom stereocenters. The van der Waals surface area contributed by atoms with Gasteiger partial charge in [0.25, 0.3) is 0 Å². The van der Waals surface area contributed by atoms with Crippen molar-refractivity contribution < 1.29 is 0 Å². The van der Waals surface area contributed by atoms with Gasteiger partial charge in [-0.2, -0.15) is 0 Å². The molecule has 0 aliphatic heterocycles. The van der Waals surface area contributed by atoms with Crippen molar-refractivity contribution in [2.45, 2.75) is 11.8 Å². The van der Waals surface area contributed by atoms with Gasteiger partial charge in [-0.15, -0.1) is 0 Å². The van der Waals surface area contributed by atoms with E-state index in [0.29, 0.717) is 5.02 Å². The minimum Gasteiger partial charge on any atom is -0.259 e. The number of hydrogen-bond acceptors (Lipinski definition) is 2. The smallest absolute Gasteiger partial charge is 0.0601 e. The first-order valence-electron chi connectivity index (χ1n) is 2.65. The van der Waals surface area contributed by atoms with Crippen molar-refractivity contribution >= 4 is 33.3 Å². The lowest BCUT2D eigenvalue weighted by atomic mass is 10.4. The Balaban J connectivity index is 3.09. The Labute approximate surface area is 73.2 Å². The van der Waals surface area contributed by atoms with Gasteiger partial charge >= 0.3 is 0 Å². The van der Waals surface area contributed by atoms with Crippen LogP contribution in [0.15, 0.2) is 17.2 Å². The van der Waals surface area contributed by atoms with Crippen molar-refractivity contribution in [1.82, 2.24) is 4.98 Å². The van der Waals surface area contributed by atoms with Gasteiger partial charge < -0.3 is 0 Å². The minimum absolute atomic E-state index is 0.619. The molecule has 0 N–H and O–H groups in total. The van der Waals surface area contributed by atoms with Crippen molar-refractivity contribution in [3.8, 4) is 0 Å². The van der Waals surface area contributed by atoms with Gasteiger partial charge in [0.1, 0.15) is 0 Å². The monoisotopic (exact) mass is 193 g/mol. The quantitative estimate of drug-likeness (QED) is 0.680. The fraction of sp³-hybridized carbons (Fsp3) is 0.167. The van der Waals surface area contributed by atoms with Gasteiger partial charge in [0.2, 0.25) is 0 Å². The number of aryl methyl sites for hydroxylation is 1. The highest BCUT2D eigenvalue weighted by molar-refractivity contribution is 8.21. The van der Waals surface area contributed by atoms with Gasteiger partial charge in [-0.1, -0.05) is 11.6 Å². The Kier molecular flexibility index (Phi) is 2.83. The second-order valence-corrected chi connectivity index (χ2v) is 3.31. The maximum atomic E-state index is 5.66. The molecule has 1 heterocycles. The summed E-state index contributed by atoms with van der Waals surface area (Å²) in [6, 6.07) is 1.79. The van der Waals surface area contributed by atoms with Crippen LogP contribution in [0, 0.1) is 6.92 Å². The van der Waals surface area contributed by atoms with Crippen LogP contribution in [0.4, 0.5) is 0 Å². The number of hydrogen-bond donors (Lipinski definition) is 0. The Bertz CT molecular complexity index is 239. The van der Waals surface area contributed by atoms with Crippen molar-refractivity contribution in [2.24, 2.45) is 0 Å². The van der Waals surface area contributed by atoms with E-state index >= 15 is 0 Å². The molecule has 0 aliphatic carbocycles. The number of halogens is 2. The van der Waals surface area contributed by atoms with Crippen LogP contribution in [-0.4, -0.2) is 4.98 Å². The highest BCUT2D eigenvalue weighted by Crippen LogP contribution is 2.26. The molecule has 0 unspecified atom stereocenters. The third-order valence-electron chi connectivity index (χ3n) is 1.09. The zero-order valence-corrected chi connectivity index (χ0v) is 7.59. The van der Waals surface area contributed by atoms with E-state index in [4.69, 9.17) is 22.3 Å². The van der Waals surface area contributed by atoms with Crippen LogP contribution in [0.1, 0.15) is 5.69 Å². The van der Waals surface area contributed by atoms with E-state index < -0.39 is 0 Å². The molecule has 0 bridgehead atoms. The Hall–Kier alpha value is 0.0800. The van der Waals surface area contributed by atoms with Gasteiger partial charge in [0, 0.05) is 11.1 Å². The Morgan fingerprint density at radius 3 is 2.80 bits per heavy atom. The summed E-state index contributed by atoms with van der Waals surface area (Å²) in [5, 5.41) is 0.619. The first-order valence-corrected chi connectivity index (χ1v) is 4.67. The molecule has 1 nitrogen and oxygen atoms in total. The van der Waals surface area contributed by atoms with Gasteiger partial charge in [0.05, 0.1) is 10.7 Å². The number of nitrogens with zero attached hydrogens (tertiary/aromatic N) is 1. The van der Waals surface area contributed by atoms with Crippen LogP contribution in [0.5, 0.6) is 0 Å². The average molecular weight is 194 g/mol. The fourth-order valence-corrected chi connectivity index (χ4v) is 1.59. The molecule has 0 spiro atoms. The van der Waals surface area contributed by atoms with Crippen molar-refractivity contribution in [3.63, 3.8) is 0 Å². The van der Waals surface area contributed by atoms with Gasteiger partial charge in [-0.25, -0.2) is 0 Å². The molecule has 0 aliphatic rings. The van der Waals surface area contributed by atoms with Crippen LogP contribution in [0.3, 0.4) is 0 Å². The van der Waals surface area contributed by atoms with Crippen molar-refractivity contribution in [3.05, 3.63) is 23.0 Å². The van der Waals surface area contributed by atoms with E-state index in [1.165, 1.54) is 0 Å². The van der Waals surface area contributed by atoms with Gasteiger partial charge in [-0.05, 0) is 34.6 Å². The molecule has 4 heteroatoms. The van der Waals surface area contributed by atoms with Gasteiger partial charge in [-0.3, -0.25) is 4.98 Å². The number of aromatic nitrogens is 1. The highest BCUT2D eigenvalue weighted by atomic mass is 35.7. The summed E-state index contributed by atoms with van der Waals surface area (Å²) in [6.07, 6.45) is 1.60. The van der Waals surface area contributed by atoms with E-state index in [0.717, 1.165) is 21.6 Å². The molecule has 10 heavy (non-hydrogen) atoms. The molecular weight excluding hydrogens is 189 g/mol. The summed E-state index contributed by atoms with van der Waals surface area (Å²) in [5.41, 5.74) is 0.907. The summed E-state index contributed by atoms with van der Waals surface area (Å²) in [4.78, 5) is 4.92. The predicted molar refractivity (Wildman–Crippen MR) is 45.7 cm³/mol. The van der Waals surface area contributed by atoms with Gasteiger partial charge in [0.15, 0.2) is 0 Å². The van der Waals surface area contributed by atoms with Crippen molar-refractivity contribution in [1.29, 1.82) is 0 Å². The molecular formula is C6H5Cl2NS. The topological polar surface area (TPSA) is 12.9 Å². The zero-order valence-electron chi connectivity index (χ0n) is 5.27. The van der Waals surface area contributed by atoms with Crippen LogP contribution in [-0.2, 0) is 0 Å². The van der Waals surface area contributed by atoms with Crippen LogP contribution < -0.4 is 0 Å². The lowest BCUT2D eigenvalue weighted by molar-refractivity contribution is 1.12. The molecule has 0 saturated heterocycles. The molecule has 0 radical (unpaired) electrons. The van der Waals surface area contributed by atoms with Crippen LogP contribution in [0.2, 0.25) is 5.02 Å². The maximum Gasteiger partial charge on any atom is 0.0601 e. The third kappa shape index (κ3) is 1.78. The fourth-order valence-electron chi connectivity index (χ4n) is 0.567. The van der Waals surface area contributed by atoms with E-state index in [-0.39, 0.29) is 0 Å². The Morgan fingerprint density at radius 2 is 2.30 bits per heavy atom. The first kappa shape index (κ1) is 8.18. The normalized spacial score (nSPS) is 9.90. The van der Waals surface area contributed by atoms with E-state index in [9.17, 15) is 0 Å². The third-order valence-corrected chi connectivity index (χ3v) is 2.38. The molecule has 54 valence electrons. The lowest BCUT2D eigenvalue weighted by Crippen LogP contribution is -1.81. The summed E-state index contributed by atoms with van der Waals surface area (Å²) in [7, 11) is 6.66. The average Bonchev–Trinajstić information content (AvgIpc) is 1.94. The number of rotatable bonds is 1. The predicted octanol–water partition coefficient (Wildman–Crippen LogP) is 3.29. The minimum atomic E-state index is 0.619. The molecule has 0 saturated carbocycles. The van der Waals surface area contributed by atoms with Crippen LogP contribution >= 0.6 is 33.3 Å². The molecule has 0 amide bonds. The molecule has 0 fully saturated rings. The Morgan fingerprint density at radius 1 is 1.60 bits per heavy atom. The second kappa shape index (κ2) is 3.46. The first-order chi connectivity index (χ1) is 4.74. The molecule has 1 rings (SSSR count). The standard InChI is InChI=1S/C6H5Cl2NS/c1-4-6(10-8)2-5(7)3-9-4/h2-3H,1H3. The molecule has 1 aromatic heterocycles. The highest BCUT2D eigenvalue weighted by Gasteiger charge is 1.98. The largest absolute Gasteiger partial charge is 0.259 e. The van der Waals surface area contributed by atoms with E-state index in [2.05, 4.69) is 4.98 Å². The molecule has 1 aromatic rings. The second-order valence-electron chi connectivity index (χ2n) is 1.81. The summed E-state index contributed by atoms with van der Waals surface area (Å²) in [6.45, 7) is 1.89. The zero-order chi connectivity index (χ0) is 7.56. The van der Waals surface area contributed by atoms with E-state index in [1.807, 2.05) is 6.92 Å². The maximum absolute atomic E-state index is 5.66. The summed E-state index contributed by atoms with van der Waals surface area (Å²) in [5.74, 6) is 0. The summed E-state index contributed by atoms with van der Waals surface area (Å²) < 4.78 is 0. The molecule has 0 aromatic carbocycles. The lowest BCUT2D eigenvalue weighted by Gasteiger charge is -1.97.